The summed E-state index contributed by atoms with van der Waals surface area (Å²) in [5.41, 5.74) is 3.37. The van der Waals surface area contributed by atoms with Crippen LogP contribution in [-0.2, 0) is 19.4 Å². The molecule has 4 rings (SSSR count). The Hall–Kier alpha value is -2.49. The molecule has 0 amide bonds. The third kappa shape index (κ3) is 3.16. The first kappa shape index (κ1) is 17.0. The summed E-state index contributed by atoms with van der Waals surface area (Å²) in [6.07, 6.45) is 4.66. The number of fused-ring (bicyclic) bond motifs is 2. The van der Waals surface area contributed by atoms with E-state index in [1.807, 2.05) is 29.0 Å². The molecule has 1 unspecified atom stereocenters. The van der Waals surface area contributed by atoms with Crippen molar-refractivity contribution in [1.29, 1.82) is 0 Å². The van der Waals surface area contributed by atoms with Gasteiger partial charge in [-0.15, -0.1) is 0 Å². The van der Waals surface area contributed by atoms with Crippen LogP contribution in [0.5, 0.6) is 0 Å². The van der Waals surface area contributed by atoms with E-state index in [9.17, 15) is 4.79 Å². The van der Waals surface area contributed by atoms with Gasteiger partial charge in [0.15, 0.2) is 0 Å². The molecule has 0 fully saturated rings. The topological polar surface area (TPSA) is 47.8 Å². The van der Waals surface area contributed by atoms with Crippen LogP contribution in [0.1, 0.15) is 50.2 Å². The molecule has 134 valence electrons. The van der Waals surface area contributed by atoms with E-state index in [1.165, 1.54) is 5.56 Å². The Morgan fingerprint density at radius 1 is 1.23 bits per heavy atom. The van der Waals surface area contributed by atoms with E-state index in [0.717, 1.165) is 48.2 Å². The molecular formula is C22H25N3O. The molecular weight excluding hydrogens is 322 g/mol. The third-order valence-electron chi connectivity index (χ3n) is 5.44. The van der Waals surface area contributed by atoms with E-state index in [2.05, 4.69) is 44.0 Å². The van der Waals surface area contributed by atoms with Gasteiger partial charge in [-0.25, -0.2) is 4.98 Å². The van der Waals surface area contributed by atoms with Gasteiger partial charge in [0.1, 0.15) is 5.82 Å². The standard InChI is InChI=1S/C22H25N3O/c1-15(18-6-4-5-11-23-18)12-16-7-8-17-19(13-16)24-20-9-10-22(2,3)14-25(20)21(17)26/h4-8,11,13,15H,9-10,12,14H2,1-3H3. The number of nitrogens with zero attached hydrogens (tertiary/aromatic N) is 3. The lowest BCUT2D eigenvalue weighted by Gasteiger charge is -2.31. The van der Waals surface area contributed by atoms with Crippen LogP contribution in [0.4, 0.5) is 0 Å². The molecule has 1 aliphatic rings. The molecule has 3 aromatic rings. The maximum absolute atomic E-state index is 12.9. The molecule has 0 saturated heterocycles. The van der Waals surface area contributed by atoms with Crippen LogP contribution in [0.25, 0.3) is 10.9 Å². The van der Waals surface area contributed by atoms with Crippen molar-refractivity contribution in [3.8, 4) is 0 Å². The van der Waals surface area contributed by atoms with Crippen LogP contribution < -0.4 is 5.56 Å². The van der Waals surface area contributed by atoms with E-state index in [0.29, 0.717) is 5.92 Å². The van der Waals surface area contributed by atoms with Crippen molar-refractivity contribution in [1.82, 2.24) is 14.5 Å². The number of rotatable bonds is 3. The van der Waals surface area contributed by atoms with E-state index in [4.69, 9.17) is 4.98 Å². The minimum absolute atomic E-state index is 0.0992. The molecule has 0 spiro atoms. The molecule has 4 nitrogen and oxygen atoms in total. The fraction of sp³-hybridized carbons (Fsp3) is 0.409. The Labute approximate surface area is 153 Å². The van der Waals surface area contributed by atoms with E-state index >= 15 is 0 Å². The van der Waals surface area contributed by atoms with Gasteiger partial charge >= 0.3 is 0 Å². The predicted octanol–water partition coefficient (Wildman–Crippen LogP) is 4.11. The second-order valence-electron chi connectivity index (χ2n) is 8.29. The highest BCUT2D eigenvalue weighted by atomic mass is 16.1. The van der Waals surface area contributed by atoms with Crippen LogP contribution in [0.3, 0.4) is 0 Å². The van der Waals surface area contributed by atoms with E-state index in [-0.39, 0.29) is 11.0 Å². The Morgan fingerprint density at radius 2 is 2.08 bits per heavy atom. The van der Waals surface area contributed by atoms with Crippen molar-refractivity contribution < 1.29 is 0 Å². The minimum Gasteiger partial charge on any atom is -0.296 e. The van der Waals surface area contributed by atoms with Crippen molar-refractivity contribution in [3.05, 3.63) is 70.0 Å². The van der Waals surface area contributed by atoms with Gasteiger partial charge in [-0.2, -0.15) is 0 Å². The zero-order chi connectivity index (χ0) is 18.3. The number of aryl methyl sites for hydroxylation is 1. The zero-order valence-electron chi connectivity index (χ0n) is 15.7. The second-order valence-corrected chi connectivity index (χ2v) is 8.29. The van der Waals surface area contributed by atoms with E-state index in [1.54, 1.807) is 0 Å². The Balaban J connectivity index is 1.69. The Bertz CT molecular complexity index is 1010. The lowest BCUT2D eigenvalue weighted by atomic mass is 9.85. The second kappa shape index (κ2) is 6.35. The van der Waals surface area contributed by atoms with Crippen molar-refractivity contribution in [3.63, 3.8) is 0 Å². The van der Waals surface area contributed by atoms with Crippen molar-refractivity contribution in [2.75, 3.05) is 0 Å². The number of pyridine rings is 1. The number of aromatic nitrogens is 3. The van der Waals surface area contributed by atoms with Crippen molar-refractivity contribution in [2.24, 2.45) is 5.41 Å². The first-order valence-corrected chi connectivity index (χ1v) is 9.36. The van der Waals surface area contributed by atoms with Gasteiger partial charge in [0.25, 0.3) is 5.56 Å². The number of hydrogen-bond donors (Lipinski definition) is 0. The summed E-state index contributed by atoms with van der Waals surface area (Å²) >= 11 is 0. The molecule has 3 heterocycles. The molecule has 0 saturated carbocycles. The highest BCUT2D eigenvalue weighted by Crippen LogP contribution is 2.29. The largest absolute Gasteiger partial charge is 0.296 e. The molecule has 0 bridgehead atoms. The molecule has 0 N–H and O–H groups in total. The summed E-state index contributed by atoms with van der Waals surface area (Å²) in [7, 11) is 0. The number of hydrogen-bond acceptors (Lipinski definition) is 3. The van der Waals surface area contributed by atoms with Crippen LogP contribution in [0, 0.1) is 5.41 Å². The summed E-state index contributed by atoms with van der Waals surface area (Å²) in [5, 5.41) is 0.723. The van der Waals surface area contributed by atoms with Crippen LogP contribution in [-0.4, -0.2) is 14.5 Å². The van der Waals surface area contributed by atoms with Crippen LogP contribution in [0.2, 0.25) is 0 Å². The Kier molecular flexibility index (Phi) is 4.14. The summed E-state index contributed by atoms with van der Waals surface area (Å²) in [5.74, 6) is 1.25. The van der Waals surface area contributed by atoms with Gasteiger partial charge in [0.2, 0.25) is 0 Å². The maximum Gasteiger partial charge on any atom is 0.261 e. The van der Waals surface area contributed by atoms with Gasteiger partial charge in [0.05, 0.1) is 10.9 Å². The summed E-state index contributed by atoms with van der Waals surface area (Å²) in [6.45, 7) is 7.37. The molecule has 26 heavy (non-hydrogen) atoms. The maximum atomic E-state index is 12.9. The summed E-state index contributed by atoms with van der Waals surface area (Å²) in [6, 6.07) is 12.1. The molecule has 1 atom stereocenters. The predicted molar refractivity (Wildman–Crippen MR) is 104 cm³/mol. The van der Waals surface area contributed by atoms with E-state index < -0.39 is 0 Å². The molecule has 0 aliphatic carbocycles. The highest BCUT2D eigenvalue weighted by Gasteiger charge is 2.27. The monoisotopic (exact) mass is 347 g/mol. The normalized spacial score (nSPS) is 17.0. The lowest BCUT2D eigenvalue weighted by Crippen LogP contribution is -2.36. The average molecular weight is 347 g/mol. The van der Waals surface area contributed by atoms with Gasteiger partial charge in [-0.3, -0.25) is 14.3 Å². The summed E-state index contributed by atoms with van der Waals surface area (Å²) < 4.78 is 1.88. The average Bonchev–Trinajstić information content (AvgIpc) is 2.63. The molecule has 4 heteroatoms. The van der Waals surface area contributed by atoms with Gasteiger partial charge in [-0.1, -0.05) is 32.9 Å². The molecule has 1 aliphatic heterocycles. The smallest absolute Gasteiger partial charge is 0.261 e. The third-order valence-corrected chi connectivity index (χ3v) is 5.44. The van der Waals surface area contributed by atoms with Crippen molar-refractivity contribution >= 4 is 10.9 Å². The van der Waals surface area contributed by atoms with Gasteiger partial charge < -0.3 is 0 Å². The minimum atomic E-state index is 0.0992. The highest BCUT2D eigenvalue weighted by molar-refractivity contribution is 5.78. The first-order chi connectivity index (χ1) is 12.4. The fourth-order valence-electron chi connectivity index (χ4n) is 3.88. The quantitative estimate of drug-likeness (QED) is 0.716. The molecule has 1 aromatic carbocycles. The van der Waals surface area contributed by atoms with Gasteiger partial charge in [-0.05, 0) is 48.1 Å². The van der Waals surface area contributed by atoms with Crippen molar-refractivity contribution in [2.45, 2.75) is 52.5 Å². The fourth-order valence-corrected chi connectivity index (χ4v) is 3.88. The number of benzene rings is 1. The van der Waals surface area contributed by atoms with Crippen LogP contribution >= 0.6 is 0 Å². The lowest BCUT2D eigenvalue weighted by molar-refractivity contribution is 0.240. The molecule has 0 radical (unpaired) electrons. The zero-order valence-corrected chi connectivity index (χ0v) is 15.7. The molecule has 2 aromatic heterocycles. The Morgan fingerprint density at radius 3 is 2.85 bits per heavy atom. The van der Waals surface area contributed by atoms with Crippen LogP contribution in [0.15, 0.2) is 47.4 Å². The first-order valence-electron chi connectivity index (χ1n) is 9.36. The summed E-state index contributed by atoms with van der Waals surface area (Å²) in [4.78, 5) is 22.2. The van der Waals surface area contributed by atoms with Gasteiger partial charge in [0, 0.05) is 30.8 Å². The SMILES string of the molecule is CC(Cc1ccc2c(=O)n3c(nc2c1)CCC(C)(C)C3)c1ccccn1.